The monoisotopic (exact) mass is 521 g/mol. The van der Waals surface area contributed by atoms with Crippen molar-refractivity contribution >= 4 is 25.7 Å². The molecule has 4 nitrogen and oxygen atoms in total. The lowest BCUT2D eigenvalue weighted by Gasteiger charge is -2.39. The molecule has 35 heavy (non-hydrogen) atoms. The van der Waals surface area contributed by atoms with Crippen molar-refractivity contribution in [1.82, 2.24) is 4.98 Å². The average Bonchev–Trinajstić information content (AvgIpc) is 3.19. The molecule has 1 aliphatic heterocycles. The summed E-state index contributed by atoms with van der Waals surface area (Å²) in [5.41, 5.74) is 3.76. The minimum absolute atomic E-state index is 0.0233. The highest BCUT2D eigenvalue weighted by Crippen LogP contribution is 2.38. The van der Waals surface area contributed by atoms with Crippen LogP contribution in [0.2, 0.25) is 18.1 Å². The van der Waals surface area contributed by atoms with Crippen molar-refractivity contribution in [1.29, 1.82) is 0 Å². The first-order chi connectivity index (χ1) is 16.4. The van der Waals surface area contributed by atoms with Gasteiger partial charge in [0.25, 0.3) is 0 Å². The van der Waals surface area contributed by atoms with Crippen LogP contribution in [-0.2, 0) is 13.9 Å². The molecule has 1 aliphatic rings. The second-order valence-electron chi connectivity index (χ2n) is 12.0. The number of allylic oxidation sites excluding steroid dienone is 1. The smallest absolute Gasteiger partial charge is 0.192 e. The molecule has 0 spiro atoms. The lowest BCUT2D eigenvalue weighted by molar-refractivity contribution is -0.168. The third kappa shape index (κ3) is 11.0. The summed E-state index contributed by atoms with van der Waals surface area (Å²) in [7, 11) is -1.89. The van der Waals surface area contributed by atoms with Gasteiger partial charge in [0, 0.05) is 12.0 Å². The molecule has 0 radical (unpaired) electrons. The molecule has 2 rings (SSSR count). The Morgan fingerprint density at radius 2 is 2.03 bits per heavy atom. The van der Waals surface area contributed by atoms with Gasteiger partial charge in [-0.05, 0) is 101 Å². The van der Waals surface area contributed by atoms with Crippen LogP contribution in [0.5, 0.6) is 0 Å². The summed E-state index contributed by atoms with van der Waals surface area (Å²) in [4.78, 5) is 4.64. The third-order valence-corrected chi connectivity index (χ3v) is 12.7. The number of hydrogen-bond donors (Lipinski definition) is 0. The maximum atomic E-state index is 6.90. The lowest BCUT2D eigenvalue weighted by atomic mass is 10.0. The minimum Gasteiger partial charge on any atom is -0.410 e. The number of nitrogens with zero attached hydrogens (tertiary/aromatic N) is 1. The molecular weight excluding hydrogens is 470 g/mol. The van der Waals surface area contributed by atoms with Gasteiger partial charge < -0.3 is 13.9 Å². The summed E-state index contributed by atoms with van der Waals surface area (Å²) in [5.74, 6) is 0.565. The Balaban J connectivity index is 1.91. The number of ether oxygens (including phenoxy) is 2. The van der Waals surface area contributed by atoms with E-state index in [4.69, 9.17) is 13.9 Å². The lowest BCUT2D eigenvalue weighted by Crippen LogP contribution is -2.44. The molecule has 0 amide bonds. The van der Waals surface area contributed by atoms with Gasteiger partial charge in [0.05, 0.1) is 23.4 Å². The van der Waals surface area contributed by atoms with E-state index in [0.717, 1.165) is 43.2 Å². The fourth-order valence-electron chi connectivity index (χ4n) is 3.97. The van der Waals surface area contributed by atoms with E-state index in [1.165, 1.54) is 36.8 Å². The van der Waals surface area contributed by atoms with E-state index in [0.29, 0.717) is 5.92 Å². The van der Waals surface area contributed by atoms with E-state index < -0.39 is 8.32 Å². The van der Waals surface area contributed by atoms with E-state index in [2.05, 4.69) is 84.1 Å². The molecule has 1 unspecified atom stereocenters. The highest BCUT2D eigenvalue weighted by atomic mass is 32.1. The molecule has 0 bridgehead atoms. The quantitative estimate of drug-likeness (QED) is 0.192. The molecule has 200 valence electrons. The van der Waals surface area contributed by atoms with Crippen molar-refractivity contribution in [3.05, 3.63) is 33.3 Å². The molecule has 0 aromatic carbocycles. The van der Waals surface area contributed by atoms with Gasteiger partial charge in [-0.1, -0.05) is 39.3 Å². The summed E-state index contributed by atoms with van der Waals surface area (Å²) in [5, 5.41) is 3.42. The first-order valence-electron chi connectivity index (χ1n) is 13.5. The van der Waals surface area contributed by atoms with E-state index in [1.807, 2.05) is 0 Å². The predicted molar refractivity (Wildman–Crippen MR) is 154 cm³/mol. The van der Waals surface area contributed by atoms with Crippen LogP contribution in [-0.4, -0.2) is 38.9 Å². The zero-order valence-electron chi connectivity index (χ0n) is 23.9. The Morgan fingerprint density at radius 1 is 1.29 bits per heavy atom. The van der Waals surface area contributed by atoms with Crippen molar-refractivity contribution in [2.45, 2.75) is 124 Å². The molecule has 0 N–H and O–H groups in total. The summed E-state index contributed by atoms with van der Waals surface area (Å²) in [6.07, 6.45) is 12.6. The molecule has 6 heteroatoms. The Bertz CT molecular complexity index is 818. The maximum Gasteiger partial charge on any atom is 0.192 e. The predicted octanol–water partition coefficient (Wildman–Crippen LogP) is 8.93. The van der Waals surface area contributed by atoms with E-state index in [9.17, 15) is 0 Å². The maximum absolute atomic E-state index is 6.90. The Morgan fingerprint density at radius 3 is 2.63 bits per heavy atom. The van der Waals surface area contributed by atoms with Gasteiger partial charge in [0.1, 0.15) is 0 Å². The van der Waals surface area contributed by atoms with E-state index in [1.54, 1.807) is 11.3 Å². The Labute approximate surface area is 220 Å². The number of hydrogen-bond acceptors (Lipinski definition) is 5. The largest absolute Gasteiger partial charge is 0.410 e. The Hall–Kier alpha value is -0.793. The second-order valence-corrected chi connectivity index (χ2v) is 17.8. The van der Waals surface area contributed by atoms with Gasteiger partial charge in [-0.25, -0.2) is 4.98 Å². The standard InChI is InChI=1S/C29H51NO3SSi/c1-22(13-12-14-23(2)20-32-28-15-10-11-18-31-28)16-17-27(33-35(8,9)29(5,6)7)24(3)19-26-21-34-25(4)30-26/h16,19,21,23,27-28H,10-15,17-18,20H2,1-9H3/t23-,27-,28?/m0/s1. The molecule has 1 aromatic rings. The van der Waals surface area contributed by atoms with Crippen molar-refractivity contribution in [3.8, 4) is 0 Å². The highest BCUT2D eigenvalue weighted by Gasteiger charge is 2.39. The van der Waals surface area contributed by atoms with Crippen molar-refractivity contribution < 1.29 is 13.9 Å². The zero-order valence-corrected chi connectivity index (χ0v) is 25.7. The number of rotatable bonds is 13. The van der Waals surface area contributed by atoms with Crippen molar-refractivity contribution in [2.24, 2.45) is 5.92 Å². The van der Waals surface area contributed by atoms with Gasteiger partial charge in [-0.2, -0.15) is 0 Å². The van der Waals surface area contributed by atoms with E-state index >= 15 is 0 Å². The highest BCUT2D eigenvalue weighted by molar-refractivity contribution is 7.09. The first kappa shape index (κ1) is 30.4. The molecule has 0 aliphatic carbocycles. The van der Waals surface area contributed by atoms with Crippen LogP contribution in [0.4, 0.5) is 0 Å². The minimum atomic E-state index is -1.89. The van der Waals surface area contributed by atoms with Crippen LogP contribution in [0, 0.1) is 12.8 Å². The van der Waals surface area contributed by atoms with Gasteiger partial charge in [-0.15, -0.1) is 11.3 Å². The molecule has 2 heterocycles. The SMILES string of the molecule is CC(=CC[C@H](O[Si](C)(C)C(C)(C)C)C(C)=Cc1csc(C)n1)CCC[C@H](C)COC1CCCCO1. The van der Waals surface area contributed by atoms with Crippen LogP contribution in [0.25, 0.3) is 6.08 Å². The van der Waals surface area contributed by atoms with Gasteiger partial charge in [0.2, 0.25) is 0 Å². The van der Waals surface area contributed by atoms with Gasteiger partial charge >= 0.3 is 0 Å². The van der Waals surface area contributed by atoms with Crippen molar-refractivity contribution in [2.75, 3.05) is 13.2 Å². The molecule has 3 atom stereocenters. The summed E-state index contributed by atoms with van der Waals surface area (Å²) in [6.45, 7) is 22.1. The normalized spacial score (nSPS) is 20.2. The van der Waals surface area contributed by atoms with Gasteiger partial charge in [0.15, 0.2) is 14.6 Å². The number of aryl methyl sites for hydroxylation is 1. The fraction of sp³-hybridized carbons (Fsp3) is 0.759. The second kappa shape index (κ2) is 14.2. The zero-order chi connectivity index (χ0) is 26.1. The fourth-order valence-corrected chi connectivity index (χ4v) is 5.89. The number of thiazole rings is 1. The molecule has 1 aromatic heterocycles. The summed E-state index contributed by atoms with van der Waals surface area (Å²) < 4.78 is 18.6. The van der Waals surface area contributed by atoms with Gasteiger partial charge in [-0.3, -0.25) is 0 Å². The van der Waals surface area contributed by atoms with Crippen LogP contribution in [0.3, 0.4) is 0 Å². The van der Waals surface area contributed by atoms with Crippen LogP contribution >= 0.6 is 11.3 Å². The molecule has 1 fully saturated rings. The summed E-state index contributed by atoms with van der Waals surface area (Å²) >= 11 is 1.70. The average molecular weight is 522 g/mol. The molecule has 0 saturated carbocycles. The van der Waals surface area contributed by atoms with Crippen LogP contribution in [0.1, 0.15) is 97.2 Å². The van der Waals surface area contributed by atoms with Crippen LogP contribution in [0.15, 0.2) is 22.6 Å². The molecule has 1 saturated heterocycles. The molecular formula is C29H51NO3SSi. The first-order valence-corrected chi connectivity index (χ1v) is 17.3. The Kier molecular flexibility index (Phi) is 12.4. The summed E-state index contributed by atoms with van der Waals surface area (Å²) in [6, 6.07) is 0. The topological polar surface area (TPSA) is 40.6 Å². The van der Waals surface area contributed by atoms with Crippen LogP contribution < -0.4 is 0 Å². The number of aromatic nitrogens is 1. The van der Waals surface area contributed by atoms with Crippen molar-refractivity contribution in [3.63, 3.8) is 0 Å². The third-order valence-electron chi connectivity index (χ3n) is 7.42. The van der Waals surface area contributed by atoms with E-state index in [-0.39, 0.29) is 17.4 Å².